The van der Waals surface area contributed by atoms with Crippen molar-refractivity contribution < 1.29 is 34.7 Å². The molecule has 1 atom stereocenters. The number of halogens is 1. The minimum atomic E-state index is -3.93. The highest BCUT2D eigenvalue weighted by molar-refractivity contribution is 7.92. The number of carbonyl (C=O) groups is 2. The number of hydrogen-bond acceptors (Lipinski definition) is 6. The number of ether oxygens (including phenoxy) is 2. The Hall–Kier alpha value is -3.34. The molecule has 9 nitrogen and oxygen atoms in total. The zero-order valence-electron chi connectivity index (χ0n) is 21.7. The second-order valence-corrected chi connectivity index (χ2v) is 11.9. The highest BCUT2D eigenvalue weighted by atomic mass is 32.2. The van der Waals surface area contributed by atoms with Crippen LogP contribution in [0, 0.1) is 17.2 Å². The predicted molar refractivity (Wildman–Crippen MR) is 143 cm³/mol. The smallest absolute Gasteiger partial charge is 0.411 e. The number of anilines is 2. The van der Waals surface area contributed by atoms with Gasteiger partial charge < -0.3 is 14.8 Å². The molecule has 0 radical (unpaired) electrons. The van der Waals surface area contributed by atoms with Gasteiger partial charge in [-0.15, -0.1) is 0 Å². The zero-order valence-corrected chi connectivity index (χ0v) is 22.5. The maximum atomic E-state index is 13.2. The van der Waals surface area contributed by atoms with E-state index in [-0.39, 0.29) is 44.0 Å². The number of nitrogens with one attached hydrogen (secondary N) is 2. The number of nitrogens with zero attached hydrogens (tertiary/aromatic N) is 1. The fourth-order valence-electron chi connectivity index (χ4n) is 3.29. The standard InChI is InChI=1S/C21H25FN2O5S.C5H9NO.2H2/c1-14(21(2,3)4)29-20(25)23-16-7-10-19-18(13-16)24(11-12-28-19)30(26,27)17-8-5-15(22)6-9-17;1-6-5(7)4-2-3-4;;/h5-10,13-14H,11-12H2,1-4H3,(H,23,25);4H,2-3H2,1H3,(H,6,7);2*1H/t14-;;;/m0.../s1. The molecule has 1 aliphatic carbocycles. The lowest BCUT2D eigenvalue weighted by atomic mass is 9.90. The van der Waals surface area contributed by atoms with Crippen LogP contribution in [-0.4, -0.2) is 46.7 Å². The lowest BCUT2D eigenvalue weighted by Crippen LogP contribution is -2.38. The molecule has 2 N–H and O–H groups in total. The Morgan fingerprint density at radius 1 is 1.16 bits per heavy atom. The Kier molecular flexibility index (Phi) is 8.68. The minimum Gasteiger partial charge on any atom is -0.489 e. The van der Waals surface area contributed by atoms with Crippen molar-refractivity contribution in [2.45, 2.75) is 51.5 Å². The Labute approximate surface area is 220 Å². The van der Waals surface area contributed by atoms with Crippen LogP contribution < -0.4 is 19.7 Å². The Morgan fingerprint density at radius 2 is 1.81 bits per heavy atom. The van der Waals surface area contributed by atoms with E-state index in [2.05, 4.69) is 10.6 Å². The molecule has 2 aliphatic rings. The van der Waals surface area contributed by atoms with Crippen LogP contribution in [0.1, 0.15) is 43.4 Å². The van der Waals surface area contributed by atoms with Gasteiger partial charge in [0.1, 0.15) is 24.3 Å². The maximum Gasteiger partial charge on any atom is 0.411 e. The van der Waals surface area contributed by atoms with Gasteiger partial charge in [-0.05, 0) is 67.6 Å². The molecule has 1 aliphatic heterocycles. The Bertz CT molecular complexity index is 1240. The molecule has 0 aromatic heterocycles. The van der Waals surface area contributed by atoms with E-state index < -0.39 is 21.9 Å². The molecule has 2 aromatic carbocycles. The normalized spacial score (nSPS) is 15.8. The van der Waals surface area contributed by atoms with Crippen LogP contribution in [0.3, 0.4) is 0 Å². The quantitative estimate of drug-likeness (QED) is 0.551. The van der Waals surface area contributed by atoms with E-state index >= 15 is 0 Å². The zero-order chi connectivity index (χ0) is 27.4. The van der Waals surface area contributed by atoms with Crippen LogP contribution in [0.25, 0.3) is 0 Å². The van der Waals surface area contributed by atoms with Gasteiger partial charge in [-0.25, -0.2) is 17.6 Å². The molecule has 37 heavy (non-hydrogen) atoms. The molecular weight excluding hydrogens is 501 g/mol. The van der Waals surface area contributed by atoms with Crippen molar-refractivity contribution in [2.24, 2.45) is 11.3 Å². The van der Waals surface area contributed by atoms with Crippen molar-refractivity contribution in [3.05, 3.63) is 48.3 Å². The number of hydrogen-bond donors (Lipinski definition) is 2. The van der Waals surface area contributed by atoms with Crippen molar-refractivity contribution in [1.29, 1.82) is 0 Å². The second kappa shape index (κ2) is 11.4. The van der Waals surface area contributed by atoms with Gasteiger partial charge >= 0.3 is 6.09 Å². The van der Waals surface area contributed by atoms with Crippen LogP contribution in [-0.2, 0) is 19.6 Å². The molecule has 2 aromatic rings. The lowest BCUT2D eigenvalue weighted by Gasteiger charge is -2.31. The molecule has 4 rings (SSSR count). The first-order valence-corrected chi connectivity index (χ1v) is 13.5. The van der Waals surface area contributed by atoms with Crippen molar-refractivity contribution in [2.75, 3.05) is 29.8 Å². The fraction of sp³-hybridized carbons (Fsp3) is 0.462. The van der Waals surface area contributed by atoms with Crippen LogP contribution >= 0.6 is 0 Å². The van der Waals surface area contributed by atoms with E-state index in [1.165, 1.54) is 22.5 Å². The molecule has 0 saturated heterocycles. The van der Waals surface area contributed by atoms with Gasteiger partial charge in [-0.1, -0.05) is 20.8 Å². The molecule has 2 amide bonds. The molecule has 206 valence electrons. The summed E-state index contributed by atoms with van der Waals surface area (Å²) in [5, 5.41) is 5.21. The van der Waals surface area contributed by atoms with E-state index in [1.54, 1.807) is 26.1 Å². The van der Waals surface area contributed by atoms with Gasteiger partial charge in [0, 0.05) is 21.5 Å². The monoisotopic (exact) mass is 539 g/mol. The van der Waals surface area contributed by atoms with E-state index in [0.717, 1.165) is 25.0 Å². The van der Waals surface area contributed by atoms with Crippen LogP contribution in [0.15, 0.2) is 47.4 Å². The number of carbonyl (C=O) groups excluding carboxylic acids is 2. The molecular formula is C26H38FN3O6S. The summed E-state index contributed by atoms with van der Waals surface area (Å²) in [6, 6.07) is 9.33. The van der Waals surface area contributed by atoms with Crippen LogP contribution in [0.2, 0.25) is 0 Å². The molecule has 0 spiro atoms. The van der Waals surface area contributed by atoms with Gasteiger partial charge in [0.2, 0.25) is 5.91 Å². The number of fused-ring (bicyclic) bond motifs is 1. The lowest BCUT2D eigenvalue weighted by molar-refractivity contribution is -0.121. The van der Waals surface area contributed by atoms with Gasteiger partial charge in [0.25, 0.3) is 10.0 Å². The number of sulfonamides is 1. The summed E-state index contributed by atoms with van der Waals surface area (Å²) in [5.41, 5.74) is 0.429. The molecule has 0 bridgehead atoms. The molecule has 1 heterocycles. The van der Waals surface area contributed by atoms with Crippen molar-refractivity contribution in [3.63, 3.8) is 0 Å². The summed E-state index contributed by atoms with van der Waals surface area (Å²) in [4.78, 5) is 22.7. The maximum absolute atomic E-state index is 13.2. The molecule has 0 unspecified atom stereocenters. The summed E-state index contributed by atoms with van der Waals surface area (Å²) in [5.74, 6) is 0.421. The molecule has 1 saturated carbocycles. The second-order valence-electron chi connectivity index (χ2n) is 9.99. The summed E-state index contributed by atoms with van der Waals surface area (Å²) >= 11 is 0. The highest BCUT2D eigenvalue weighted by Gasteiger charge is 2.31. The van der Waals surface area contributed by atoms with Crippen molar-refractivity contribution in [1.82, 2.24) is 5.32 Å². The van der Waals surface area contributed by atoms with Gasteiger partial charge in [-0.3, -0.25) is 14.4 Å². The fourth-order valence-corrected chi connectivity index (χ4v) is 4.74. The van der Waals surface area contributed by atoms with E-state index in [1.807, 2.05) is 20.8 Å². The molecule has 11 heteroatoms. The number of amides is 2. The summed E-state index contributed by atoms with van der Waals surface area (Å²) in [6.07, 6.45) is 1.23. The first-order chi connectivity index (χ1) is 17.3. The van der Waals surface area contributed by atoms with E-state index in [4.69, 9.17) is 9.47 Å². The van der Waals surface area contributed by atoms with Crippen LogP contribution in [0.4, 0.5) is 20.6 Å². The van der Waals surface area contributed by atoms with Gasteiger partial charge in [-0.2, -0.15) is 0 Å². The summed E-state index contributed by atoms with van der Waals surface area (Å²) in [6.45, 7) is 7.93. The van der Waals surface area contributed by atoms with Crippen molar-refractivity contribution >= 4 is 33.4 Å². The summed E-state index contributed by atoms with van der Waals surface area (Å²) in [7, 11) is -2.25. The third-order valence-electron chi connectivity index (χ3n) is 6.13. The first kappa shape index (κ1) is 28.2. The Morgan fingerprint density at radius 3 is 2.35 bits per heavy atom. The topological polar surface area (TPSA) is 114 Å². The SMILES string of the molecule is CNC(=O)C1CC1.C[C@H](OC(=O)Nc1ccc2c(c1)N(S(=O)(=O)c1ccc(F)cc1)CCO2)C(C)(C)C.[HH].[HH]. The highest BCUT2D eigenvalue weighted by Crippen LogP contribution is 2.37. The third kappa shape index (κ3) is 7.34. The number of rotatable bonds is 5. The average Bonchev–Trinajstić information content (AvgIpc) is 3.69. The summed E-state index contributed by atoms with van der Waals surface area (Å²) < 4.78 is 51.5. The third-order valence-corrected chi connectivity index (χ3v) is 7.95. The number of benzene rings is 2. The van der Waals surface area contributed by atoms with Crippen molar-refractivity contribution in [3.8, 4) is 5.75 Å². The largest absolute Gasteiger partial charge is 0.489 e. The van der Waals surface area contributed by atoms with Gasteiger partial charge in [0.05, 0.1) is 17.1 Å². The van der Waals surface area contributed by atoms with Crippen LogP contribution in [0.5, 0.6) is 5.75 Å². The average molecular weight is 540 g/mol. The Balaban J connectivity index is 0.000000736. The van der Waals surface area contributed by atoms with Gasteiger partial charge in [0.15, 0.2) is 0 Å². The predicted octanol–water partition coefficient (Wildman–Crippen LogP) is 5.03. The minimum absolute atomic E-state index is 0. The van der Waals surface area contributed by atoms with E-state index in [0.29, 0.717) is 17.4 Å². The molecule has 1 fully saturated rings. The van der Waals surface area contributed by atoms with E-state index in [9.17, 15) is 22.4 Å². The first-order valence-electron chi connectivity index (χ1n) is 12.1.